The fraction of sp³-hybridized carbons (Fsp3) is 0.119. The van der Waals surface area contributed by atoms with Gasteiger partial charge in [0.1, 0.15) is 11.2 Å². The van der Waals surface area contributed by atoms with Crippen LogP contribution in [-0.4, -0.2) is 11.3 Å². The fourth-order valence-electron chi connectivity index (χ4n) is 20.1. The molecule has 4 aliphatic rings. The number of rotatable bonds is 8. The van der Waals surface area contributed by atoms with Crippen LogP contribution in [0.3, 0.4) is 0 Å². The Balaban J connectivity index is 0.904. The van der Waals surface area contributed by atoms with Crippen molar-refractivity contribution in [2.75, 3.05) is 9.80 Å². The third-order valence-corrected chi connectivity index (χ3v) is 25.4. The standard InChI is InChI=1S/C109H84BN3O/c1-106(2,3)72-60-84(67-33-14-10-15-34-67)103(85(61-72)68-35-16-11-17-36-68)112-94-57-53-71(76-46-32-47-82-80-44-26-31-52-99(80)114-105(76)82)59-92(94)110-91-56-54-75(111-93-51-30-25-45-83(93)100-95(111)58-55-81-79-43-24-29-50-90(79)109(101(81)100)88-48-27-22-41-77(88)78-42-23-28-49-89(78)109)66-96(91)113(98-65-74(108(7,8)9)64-97(112)102(98)110)104-86(69-37-18-12-19-38-69)62-73(107(4,5)6)63-87(104)70-39-20-13-21-40-70/h10-66H,1-9H3. The molecular weight excluding hydrogens is 1380 g/mol. The van der Waals surface area contributed by atoms with Crippen LogP contribution in [0.25, 0.3) is 127 Å². The molecule has 1 spiro atoms. The van der Waals surface area contributed by atoms with Crippen LogP contribution in [-0.2, 0) is 21.7 Å². The summed E-state index contributed by atoms with van der Waals surface area (Å²) in [6, 6.07) is 132. The van der Waals surface area contributed by atoms with Crippen molar-refractivity contribution in [3.8, 4) is 83.6 Å². The number of benzene rings is 16. The minimum Gasteiger partial charge on any atom is -0.455 e. The van der Waals surface area contributed by atoms with Gasteiger partial charge in [0.05, 0.1) is 27.8 Å². The van der Waals surface area contributed by atoms with Crippen molar-refractivity contribution >= 4 is 101 Å². The van der Waals surface area contributed by atoms with Gasteiger partial charge in [0, 0.05) is 77.8 Å². The number of aromatic nitrogens is 1. The molecule has 22 rings (SSSR count). The Kier molecular flexibility index (Phi) is 14.8. The van der Waals surface area contributed by atoms with Gasteiger partial charge >= 0.3 is 0 Å². The van der Waals surface area contributed by atoms with Crippen molar-refractivity contribution in [3.63, 3.8) is 0 Å². The van der Waals surface area contributed by atoms with E-state index in [0.717, 1.165) is 117 Å². The maximum absolute atomic E-state index is 7.06. The molecule has 0 unspecified atom stereocenters. The number of fused-ring (bicyclic) bond motifs is 21. The molecule has 4 nitrogen and oxygen atoms in total. The molecule has 0 saturated carbocycles. The second kappa shape index (κ2) is 24.9. The molecule has 2 aliphatic heterocycles. The zero-order valence-corrected chi connectivity index (χ0v) is 65.7. The van der Waals surface area contributed by atoms with Gasteiger partial charge < -0.3 is 18.8 Å². The smallest absolute Gasteiger partial charge is 0.252 e. The lowest BCUT2D eigenvalue weighted by Gasteiger charge is -2.47. The summed E-state index contributed by atoms with van der Waals surface area (Å²) >= 11 is 0. The number of hydrogen-bond acceptors (Lipinski definition) is 3. The maximum Gasteiger partial charge on any atom is 0.252 e. The molecule has 5 heteroatoms. The van der Waals surface area contributed by atoms with E-state index in [-0.39, 0.29) is 23.0 Å². The molecule has 0 atom stereocenters. The Morgan fingerprint density at radius 1 is 0.289 bits per heavy atom. The van der Waals surface area contributed by atoms with Gasteiger partial charge in [0.25, 0.3) is 6.71 Å². The van der Waals surface area contributed by atoms with Crippen molar-refractivity contribution in [3.05, 3.63) is 385 Å². The Morgan fingerprint density at radius 2 is 0.728 bits per heavy atom. The predicted molar refractivity (Wildman–Crippen MR) is 482 cm³/mol. The van der Waals surface area contributed by atoms with E-state index >= 15 is 0 Å². The Bertz CT molecular complexity index is 6860. The Hall–Kier alpha value is -13.2. The van der Waals surface area contributed by atoms with Gasteiger partial charge in [-0.05, 0) is 194 Å². The summed E-state index contributed by atoms with van der Waals surface area (Å²) in [6.45, 7) is 21.1. The number of hydrogen-bond donors (Lipinski definition) is 0. The van der Waals surface area contributed by atoms with Gasteiger partial charge in [-0.1, -0.05) is 335 Å². The van der Waals surface area contributed by atoms with E-state index < -0.39 is 5.41 Å². The zero-order valence-electron chi connectivity index (χ0n) is 65.7. The first-order valence-electron chi connectivity index (χ1n) is 40.4. The average Bonchev–Trinajstić information content (AvgIpc) is 1.61. The van der Waals surface area contributed by atoms with Crippen LogP contribution in [0.15, 0.2) is 350 Å². The summed E-state index contributed by atoms with van der Waals surface area (Å²) in [4.78, 5) is 5.47. The molecule has 4 heterocycles. The van der Waals surface area contributed by atoms with Gasteiger partial charge in [0.2, 0.25) is 0 Å². The molecule has 0 saturated heterocycles. The molecule has 0 radical (unpaired) electrons. The summed E-state index contributed by atoms with van der Waals surface area (Å²) in [5.41, 5.74) is 39.8. The average molecular weight is 1460 g/mol. The highest BCUT2D eigenvalue weighted by Crippen LogP contribution is 2.65. The highest BCUT2D eigenvalue weighted by molar-refractivity contribution is 7.00. The third-order valence-electron chi connectivity index (χ3n) is 25.4. The SMILES string of the molecule is CC(C)(C)c1cc(-c2ccccc2)c(N2c3ccc(-c4cccc5c4oc4ccccc45)cc3B3c4ccc(-n5c6ccccc6c6c7c(ccc65)-c5ccccc5C75c6ccccc6-c6ccccc65)cc4N(c4c(-c5ccccc5)cc(C(C)(C)C)cc4-c4ccccc4)c4cc(C(C)(C)C)cc2c43)c(-c2ccccc2)c1. The van der Waals surface area contributed by atoms with Crippen LogP contribution in [0.5, 0.6) is 0 Å². The normalized spacial score (nSPS) is 13.7. The van der Waals surface area contributed by atoms with Crippen LogP contribution in [0.4, 0.5) is 34.1 Å². The topological polar surface area (TPSA) is 24.6 Å². The van der Waals surface area contributed by atoms with Gasteiger partial charge in [-0.2, -0.15) is 0 Å². The molecular formula is C109H84BN3O. The lowest BCUT2D eigenvalue weighted by molar-refractivity contribution is 0.590. The Labute approximate surface area is 667 Å². The first-order chi connectivity index (χ1) is 55.5. The number of furan rings is 1. The van der Waals surface area contributed by atoms with E-state index in [1.807, 2.05) is 0 Å². The molecule has 2 aromatic heterocycles. The van der Waals surface area contributed by atoms with E-state index in [2.05, 4.69) is 422 Å². The van der Waals surface area contributed by atoms with Gasteiger partial charge in [-0.15, -0.1) is 0 Å². The summed E-state index contributed by atoms with van der Waals surface area (Å²) in [5, 5.41) is 4.70. The molecule has 2 aliphatic carbocycles. The third kappa shape index (κ3) is 9.91. The van der Waals surface area contributed by atoms with Crippen molar-refractivity contribution in [1.29, 1.82) is 0 Å². The molecule has 544 valence electrons. The zero-order chi connectivity index (χ0) is 76.8. The second-order valence-electron chi connectivity index (χ2n) is 35.0. The van der Waals surface area contributed by atoms with Crippen molar-refractivity contribution in [2.24, 2.45) is 0 Å². The summed E-state index contributed by atoms with van der Waals surface area (Å²) in [5.74, 6) is 0. The van der Waals surface area contributed by atoms with Crippen molar-refractivity contribution in [1.82, 2.24) is 4.57 Å². The summed E-state index contributed by atoms with van der Waals surface area (Å²) in [6.07, 6.45) is 0. The maximum atomic E-state index is 7.06. The molecule has 18 aromatic rings. The van der Waals surface area contributed by atoms with Crippen LogP contribution in [0.1, 0.15) is 101 Å². The molecule has 0 bridgehead atoms. The first-order valence-corrected chi connectivity index (χ1v) is 40.4. The van der Waals surface area contributed by atoms with Crippen LogP contribution < -0.4 is 26.2 Å². The quantitative estimate of drug-likeness (QED) is 0.142. The number of para-hydroxylation sites is 3. The fourth-order valence-corrected chi connectivity index (χ4v) is 20.1. The molecule has 0 N–H and O–H groups in total. The highest BCUT2D eigenvalue weighted by Gasteiger charge is 2.54. The molecule has 0 fully saturated rings. The van der Waals surface area contributed by atoms with Crippen LogP contribution in [0.2, 0.25) is 0 Å². The second-order valence-corrected chi connectivity index (χ2v) is 35.0. The van der Waals surface area contributed by atoms with Gasteiger partial charge in [-0.3, -0.25) is 0 Å². The minimum atomic E-state index is -0.581. The van der Waals surface area contributed by atoms with E-state index in [1.165, 1.54) is 99.5 Å². The van der Waals surface area contributed by atoms with E-state index in [1.54, 1.807) is 0 Å². The highest BCUT2D eigenvalue weighted by atomic mass is 16.3. The first kappa shape index (κ1) is 67.7. The van der Waals surface area contributed by atoms with Crippen LogP contribution in [0, 0.1) is 0 Å². The Morgan fingerprint density at radius 3 is 1.25 bits per heavy atom. The minimum absolute atomic E-state index is 0.200. The van der Waals surface area contributed by atoms with E-state index in [0.29, 0.717) is 0 Å². The molecule has 0 amide bonds. The van der Waals surface area contributed by atoms with E-state index in [4.69, 9.17) is 4.42 Å². The van der Waals surface area contributed by atoms with E-state index in [9.17, 15) is 0 Å². The number of nitrogens with zero attached hydrogens (tertiary/aromatic N) is 3. The monoisotopic (exact) mass is 1460 g/mol. The van der Waals surface area contributed by atoms with Gasteiger partial charge in [0.15, 0.2) is 0 Å². The summed E-state index contributed by atoms with van der Waals surface area (Å²) < 4.78 is 9.67. The number of anilines is 6. The lowest BCUT2D eigenvalue weighted by Crippen LogP contribution is -2.61. The van der Waals surface area contributed by atoms with Crippen LogP contribution >= 0.6 is 0 Å². The van der Waals surface area contributed by atoms with Gasteiger partial charge in [-0.25, -0.2) is 0 Å². The van der Waals surface area contributed by atoms with Crippen molar-refractivity contribution in [2.45, 2.75) is 84.0 Å². The predicted octanol–water partition coefficient (Wildman–Crippen LogP) is 27.3. The summed E-state index contributed by atoms with van der Waals surface area (Å²) in [7, 11) is 0. The molecule has 114 heavy (non-hydrogen) atoms. The lowest BCUT2D eigenvalue weighted by atomic mass is 9.33. The molecule has 16 aromatic carbocycles. The van der Waals surface area contributed by atoms with Crippen molar-refractivity contribution < 1.29 is 4.42 Å². The largest absolute Gasteiger partial charge is 0.455 e.